The molecular formula is C22H20N4O5. The van der Waals surface area contributed by atoms with Crippen LogP contribution in [-0.2, 0) is 23.4 Å². The van der Waals surface area contributed by atoms with Crippen molar-refractivity contribution in [1.82, 2.24) is 15.5 Å². The highest BCUT2D eigenvalue weighted by Gasteiger charge is 2.53. The number of methoxy groups -OCH3 is 1. The van der Waals surface area contributed by atoms with E-state index in [1.54, 1.807) is 24.3 Å². The molecule has 2 aliphatic heterocycles. The smallest absolute Gasteiger partial charge is 0.322 e. The predicted octanol–water partition coefficient (Wildman–Crippen LogP) is 1.59. The Kier molecular flexibility index (Phi) is 4.23. The van der Waals surface area contributed by atoms with E-state index in [2.05, 4.69) is 10.6 Å². The van der Waals surface area contributed by atoms with E-state index in [1.165, 1.54) is 12.0 Å². The molecule has 9 heteroatoms. The van der Waals surface area contributed by atoms with Gasteiger partial charge in [-0.15, -0.1) is 0 Å². The molecule has 0 bridgehead atoms. The lowest BCUT2D eigenvalue weighted by molar-refractivity contribution is -0.125. The van der Waals surface area contributed by atoms with Crippen LogP contribution in [0.3, 0.4) is 0 Å². The van der Waals surface area contributed by atoms with E-state index in [4.69, 9.17) is 14.9 Å². The molecule has 5 rings (SSSR count). The first-order chi connectivity index (χ1) is 14.9. The number of hydrogen-bond acceptors (Lipinski definition) is 6. The van der Waals surface area contributed by atoms with E-state index in [0.29, 0.717) is 30.0 Å². The number of urea groups is 1. The molecule has 1 atom stereocenters. The minimum atomic E-state index is -1.54. The van der Waals surface area contributed by atoms with Crippen LogP contribution in [-0.4, -0.2) is 36.4 Å². The molecule has 4 N–H and O–H groups in total. The number of rotatable bonds is 5. The summed E-state index contributed by atoms with van der Waals surface area (Å²) in [5.74, 6) is 0.00520. The molecule has 4 amide bonds. The topological polar surface area (TPSA) is 127 Å². The minimum Gasteiger partial charge on any atom is -0.497 e. The van der Waals surface area contributed by atoms with Gasteiger partial charge in [0.2, 0.25) is 0 Å². The normalized spacial score (nSPS) is 20.2. The molecule has 2 aliphatic rings. The third kappa shape index (κ3) is 2.93. The number of nitrogens with two attached hydrogens (primary N) is 1. The number of nitrogens with one attached hydrogen (secondary N) is 2. The summed E-state index contributed by atoms with van der Waals surface area (Å²) in [5.41, 5.74) is 6.98. The molecule has 0 unspecified atom stereocenters. The van der Waals surface area contributed by atoms with Gasteiger partial charge >= 0.3 is 6.03 Å². The molecule has 3 heterocycles. The molecule has 9 nitrogen and oxygen atoms in total. The lowest BCUT2D eigenvalue weighted by Crippen LogP contribution is -2.52. The van der Waals surface area contributed by atoms with Crippen molar-refractivity contribution in [3.8, 4) is 5.75 Å². The van der Waals surface area contributed by atoms with Crippen LogP contribution in [0.25, 0.3) is 11.0 Å². The van der Waals surface area contributed by atoms with Crippen LogP contribution in [0.15, 0.2) is 46.9 Å². The van der Waals surface area contributed by atoms with Crippen LogP contribution in [0.1, 0.15) is 27.2 Å². The van der Waals surface area contributed by atoms with Gasteiger partial charge in [-0.3, -0.25) is 14.9 Å². The quantitative estimate of drug-likeness (QED) is 0.538. The van der Waals surface area contributed by atoms with Crippen molar-refractivity contribution in [3.05, 3.63) is 64.9 Å². The van der Waals surface area contributed by atoms with Gasteiger partial charge in [0.1, 0.15) is 17.1 Å². The van der Waals surface area contributed by atoms with E-state index in [0.717, 1.165) is 16.5 Å². The maximum Gasteiger partial charge on any atom is 0.322 e. The third-order valence-electron chi connectivity index (χ3n) is 5.80. The highest BCUT2D eigenvalue weighted by Crippen LogP contribution is 2.35. The van der Waals surface area contributed by atoms with E-state index in [9.17, 15) is 14.4 Å². The minimum absolute atomic E-state index is 0.0794. The molecule has 1 saturated heterocycles. The van der Waals surface area contributed by atoms with E-state index in [-0.39, 0.29) is 18.2 Å². The maximum absolute atomic E-state index is 13.1. The Bertz CT molecular complexity index is 1250. The number of amides is 4. The summed E-state index contributed by atoms with van der Waals surface area (Å²) in [5, 5.41) is 5.71. The first kappa shape index (κ1) is 19.1. The first-order valence-electron chi connectivity index (χ1n) is 9.76. The second kappa shape index (κ2) is 6.85. The lowest BCUT2D eigenvalue weighted by Gasteiger charge is -2.29. The second-order valence-corrected chi connectivity index (χ2v) is 7.68. The number of fused-ring (bicyclic) bond motifs is 2. The number of carbonyl (C=O) groups excluding carboxylic acids is 3. The number of imide groups is 1. The average Bonchev–Trinajstić information content (AvgIpc) is 3.41. The molecule has 2 aromatic carbocycles. The summed E-state index contributed by atoms with van der Waals surface area (Å²) in [7, 11) is 1.53. The number of ether oxygens (including phenoxy) is 1. The van der Waals surface area contributed by atoms with E-state index in [1.807, 2.05) is 18.2 Å². The standard InChI is InChI=1S/C22H20N4O5/c1-30-15-4-3-13-10-26(19(27)16(13)8-15)11-22(20(28)24-21(29)25-22)18-7-14-6-12(9-23)2-5-17(14)31-18/h2-8H,9-11,23H2,1H3,(H2,24,25,28,29)/t22-/m0/s1. The summed E-state index contributed by atoms with van der Waals surface area (Å²) in [6.45, 7) is 0.591. The summed E-state index contributed by atoms with van der Waals surface area (Å²) in [4.78, 5) is 39.6. The van der Waals surface area contributed by atoms with Crippen molar-refractivity contribution in [2.45, 2.75) is 18.6 Å². The van der Waals surface area contributed by atoms with Crippen LogP contribution in [0, 0.1) is 0 Å². The fourth-order valence-corrected chi connectivity index (χ4v) is 4.17. The molecule has 31 heavy (non-hydrogen) atoms. The van der Waals surface area contributed by atoms with E-state index < -0.39 is 17.5 Å². The fraction of sp³-hybridized carbons (Fsp3) is 0.227. The van der Waals surface area contributed by atoms with Gasteiger partial charge in [-0.1, -0.05) is 12.1 Å². The molecule has 1 fully saturated rings. The Morgan fingerprint density at radius 1 is 1.16 bits per heavy atom. The molecule has 1 aromatic heterocycles. The van der Waals surface area contributed by atoms with Crippen molar-refractivity contribution in [3.63, 3.8) is 0 Å². The predicted molar refractivity (Wildman–Crippen MR) is 110 cm³/mol. The fourth-order valence-electron chi connectivity index (χ4n) is 4.17. The lowest BCUT2D eigenvalue weighted by atomic mass is 9.95. The van der Waals surface area contributed by atoms with Crippen molar-refractivity contribution >= 4 is 28.8 Å². The SMILES string of the molecule is COc1ccc2c(c1)C(=O)N(C[C@@]1(c3cc4cc(CN)ccc4o3)NC(=O)NC1=O)C2. The average molecular weight is 420 g/mol. The van der Waals surface area contributed by atoms with Gasteiger partial charge in [-0.05, 0) is 41.5 Å². The summed E-state index contributed by atoms with van der Waals surface area (Å²) >= 11 is 0. The molecular weight excluding hydrogens is 400 g/mol. The Hall–Kier alpha value is -3.85. The third-order valence-corrected chi connectivity index (χ3v) is 5.80. The Morgan fingerprint density at radius 3 is 2.71 bits per heavy atom. The summed E-state index contributed by atoms with van der Waals surface area (Å²) in [6, 6.07) is 11.8. The highest BCUT2D eigenvalue weighted by atomic mass is 16.5. The van der Waals surface area contributed by atoms with Gasteiger partial charge < -0.3 is 25.1 Å². The second-order valence-electron chi connectivity index (χ2n) is 7.68. The summed E-state index contributed by atoms with van der Waals surface area (Å²) in [6.07, 6.45) is 0. The van der Waals surface area contributed by atoms with Crippen molar-refractivity contribution in [2.24, 2.45) is 5.73 Å². The molecule has 0 aliphatic carbocycles. The van der Waals surface area contributed by atoms with Crippen molar-refractivity contribution < 1.29 is 23.5 Å². The highest BCUT2D eigenvalue weighted by molar-refractivity contribution is 6.08. The van der Waals surface area contributed by atoms with Gasteiger partial charge in [0, 0.05) is 24.0 Å². The van der Waals surface area contributed by atoms with E-state index >= 15 is 0 Å². The van der Waals surface area contributed by atoms with Crippen LogP contribution < -0.4 is 21.1 Å². The van der Waals surface area contributed by atoms with Crippen LogP contribution in [0.4, 0.5) is 4.79 Å². The van der Waals surface area contributed by atoms with Gasteiger partial charge in [-0.25, -0.2) is 4.79 Å². The zero-order valence-electron chi connectivity index (χ0n) is 16.7. The number of benzene rings is 2. The zero-order valence-corrected chi connectivity index (χ0v) is 16.7. The molecule has 3 aromatic rings. The largest absolute Gasteiger partial charge is 0.497 e. The van der Waals surface area contributed by atoms with Gasteiger partial charge in [0.05, 0.1) is 13.7 Å². The molecule has 0 radical (unpaired) electrons. The van der Waals surface area contributed by atoms with Gasteiger partial charge in [0.15, 0.2) is 5.54 Å². The monoisotopic (exact) mass is 420 g/mol. The van der Waals surface area contributed by atoms with Crippen molar-refractivity contribution in [1.29, 1.82) is 0 Å². The van der Waals surface area contributed by atoms with Crippen molar-refractivity contribution in [2.75, 3.05) is 13.7 Å². The van der Waals surface area contributed by atoms with Crippen LogP contribution >= 0.6 is 0 Å². The number of hydrogen-bond donors (Lipinski definition) is 3. The molecule has 158 valence electrons. The van der Waals surface area contributed by atoms with Gasteiger partial charge in [-0.2, -0.15) is 0 Å². The maximum atomic E-state index is 13.1. The Balaban J connectivity index is 1.54. The number of carbonyl (C=O) groups is 3. The Morgan fingerprint density at radius 2 is 2.00 bits per heavy atom. The van der Waals surface area contributed by atoms with Crippen LogP contribution in [0.5, 0.6) is 5.75 Å². The zero-order chi connectivity index (χ0) is 21.8. The number of furan rings is 1. The Labute approximate surface area is 177 Å². The van der Waals surface area contributed by atoms with Crippen LogP contribution in [0.2, 0.25) is 0 Å². The molecule has 0 spiro atoms. The first-order valence-corrected chi connectivity index (χ1v) is 9.76. The molecule has 0 saturated carbocycles. The van der Waals surface area contributed by atoms with Gasteiger partial charge in [0.25, 0.3) is 11.8 Å². The number of nitrogens with zero attached hydrogens (tertiary/aromatic N) is 1. The summed E-state index contributed by atoms with van der Waals surface area (Å²) < 4.78 is 11.2.